The van der Waals surface area contributed by atoms with Crippen LogP contribution in [0.3, 0.4) is 0 Å². The predicted molar refractivity (Wildman–Crippen MR) is 70.6 cm³/mol. The molecule has 0 spiro atoms. The Morgan fingerprint density at radius 1 is 0.938 bits per heavy atom. The van der Waals surface area contributed by atoms with Crippen LogP contribution in [-0.4, -0.2) is 5.71 Å². The Hall–Kier alpha value is -0.790. The van der Waals surface area contributed by atoms with E-state index in [0.717, 1.165) is 6.42 Å². The van der Waals surface area contributed by atoms with E-state index < -0.39 is 0 Å². The highest BCUT2D eigenvalue weighted by molar-refractivity contribution is 6.00. The van der Waals surface area contributed by atoms with Crippen LogP contribution < -0.4 is 5.43 Å². The molecule has 91 valence electrons. The molecule has 2 heteroatoms. The van der Waals surface area contributed by atoms with Crippen molar-refractivity contribution in [3.8, 4) is 0 Å². The van der Waals surface area contributed by atoms with Crippen molar-refractivity contribution < 1.29 is 0 Å². The van der Waals surface area contributed by atoms with Crippen molar-refractivity contribution in [2.75, 3.05) is 0 Å². The molecule has 0 bridgehead atoms. The Morgan fingerprint density at radius 3 is 2.12 bits per heavy atom. The van der Waals surface area contributed by atoms with E-state index in [1.54, 1.807) is 0 Å². The quantitative estimate of drug-likeness (QED) is 0.516. The smallest absolute Gasteiger partial charge is 0.0675 e. The normalized spacial score (nSPS) is 14.6. The Labute approximate surface area is 100 Å². The molecule has 1 radical (unpaired) electrons. The Balaban J connectivity index is 1.87. The number of hydrogen-bond donors (Lipinski definition) is 0. The van der Waals surface area contributed by atoms with E-state index in [0.29, 0.717) is 0 Å². The van der Waals surface area contributed by atoms with E-state index in [1.807, 2.05) is 6.20 Å². The van der Waals surface area contributed by atoms with Crippen LogP contribution in [0.4, 0.5) is 0 Å². The van der Waals surface area contributed by atoms with Gasteiger partial charge in [-0.05, 0) is 25.3 Å². The van der Waals surface area contributed by atoms with Crippen LogP contribution in [0.5, 0.6) is 0 Å². The van der Waals surface area contributed by atoms with E-state index in [2.05, 4.69) is 24.4 Å². The summed E-state index contributed by atoms with van der Waals surface area (Å²) >= 11 is 0. The first-order valence-electron chi connectivity index (χ1n) is 6.78. The number of rotatable bonds is 9. The van der Waals surface area contributed by atoms with Gasteiger partial charge in [0.2, 0.25) is 0 Å². The van der Waals surface area contributed by atoms with Gasteiger partial charge in [-0.15, -0.1) is 0 Å². The minimum absolute atomic E-state index is 1.11. The molecule has 0 aliphatic carbocycles. The summed E-state index contributed by atoms with van der Waals surface area (Å²) in [6, 6.07) is 0. The maximum atomic E-state index is 4.12. The van der Waals surface area contributed by atoms with Crippen molar-refractivity contribution in [1.29, 1.82) is 0 Å². The molecule has 0 unspecified atom stereocenters. The molecule has 0 aromatic carbocycles. The van der Waals surface area contributed by atoms with Crippen molar-refractivity contribution >= 4 is 5.71 Å². The SMILES string of the molecule is CCCCCCCCCCC1=N[N]C=C1C. The standard InChI is InChI=1S/C14H25N2/c1-3-4-5-6-7-8-9-10-11-14-13(2)12-15-16-14/h12H,3-11H2,1-2H3. The number of unbranched alkanes of at least 4 members (excludes halogenated alkanes) is 7. The molecular formula is C14H25N2. The molecule has 1 aliphatic heterocycles. The van der Waals surface area contributed by atoms with Crippen molar-refractivity contribution in [1.82, 2.24) is 5.43 Å². The van der Waals surface area contributed by atoms with Gasteiger partial charge in [-0.25, -0.2) is 0 Å². The average Bonchev–Trinajstić information content (AvgIpc) is 2.68. The summed E-state index contributed by atoms with van der Waals surface area (Å²) in [5.74, 6) is 0. The summed E-state index contributed by atoms with van der Waals surface area (Å²) in [7, 11) is 0. The first kappa shape index (κ1) is 13.3. The van der Waals surface area contributed by atoms with Crippen molar-refractivity contribution in [3.63, 3.8) is 0 Å². The van der Waals surface area contributed by atoms with E-state index in [1.165, 1.54) is 62.7 Å². The third-order valence-corrected chi connectivity index (χ3v) is 3.15. The monoisotopic (exact) mass is 221 g/mol. The molecule has 0 atom stereocenters. The zero-order valence-electron chi connectivity index (χ0n) is 10.8. The fraction of sp³-hybridized carbons (Fsp3) is 0.786. The lowest BCUT2D eigenvalue weighted by molar-refractivity contribution is 0.580. The lowest BCUT2D eigenvalue weighted by atomic mass is 10.0. The second kappa shape index (κ2) is 8.37. The van der Waals surface area contributed by atoms with Gasteiger partial charge in [0.15, 0.2) is 0 Å². The van der Waals surface area contributed by atoms with E-state index in [9.17, 15) is 0 Å². The Bertz CT molecular complexity index is 241. The molecule has 0 saturated heterocycles. The van der Waals surface area contributed by atoms with Gasteiger partial charge in [0.05, 0.1) is 11.9 Å². The van der Waals surface area contributed by atoms with Crippen LogP contribution in [0, 0.1) is 0 Å². The molecule has 0 N–H and O–H groups in total. The van der Waals surface area contributed by atoms with Crippen LogP contribution in [-0.2, 0) is 0 Å². The summed E-state index contributed by atoms with van der Waals surface area (Å²) in [5.41, 5.74) is 6.37. The molecular weight excluding hydrogens is 196 g/mol. The molecule has 0 fully saturated rings. The average molecular weight is 221 g/mol. The second-order valence-electron chi connectivity index (χ2n) is 4.70. The van der Waals surface area contributed by atoms with Crippen molar-refractivity contribution in [2.45, 2.75) is 71.6 Å². The molecule has 1 rings (SSSR count). The van der Waals surface area contributed by atoms with E-state index in [-0.39, 0.29) is 0 Å². The van der Waals surface area contributed by atoms with Gasteiger partial charge in [-0.2, -0.15) is 10.5 Å². The van der Waals surface area contributed by atoms with Crippen molar-refractivity contribution in [3.05, 3.63) is 11.8 Å². The summed E-state index contributed by atoms with van der Waals surface area (Å²) in [6.07, 6.45) is 14.0. The van der Waals surface area contributed by atoms with Gasteiger partial charge in [-0.3, -0.25) is 0 Å². The third kappa shape index (κ3) is 5.34. The minimum Gasteiger partial charge on any atom is -0.159 e. The van der Waals surface area contributed by atoms with E-state index >= 15 is 0 Å². The summed E-state index contributed by atoms with van der Waals surface area (Å²) in [6.45, 7) is 4.36. The minimum atomic E-state index is 1.11. The summed E-state index contributed by atoms with van der Waals surface area (Å²) < 4.78 is 0. The van der Waals surface area contributed by atoms with Crippen LogP contribution in [0.25, 0.3) is 0 Å². The molecule has 2 nitrogen and oxygen atoms in total. The number of allylic oxidation sites excluding steroid dienone is 1. The molecule has 1 heterocycles. The maximum absolute atomic E-state index is 4.12. The van der Waals surface area contributed by atoms with E-state index in [4.69, 9.17) is 0 Å². The first-order chi connectivity index (χ1) is 7.84. The Morgan fingerprint density at radius 2 is 1.56 bits per heavy atom. The lowest BCUT2D eigenvalue weighted by Gasteiger charge is -2.02. The second-order valence-corrected chi connectivity index (χ2v) is 4.70. The Kier molecular flexibility index (Phi) is 6.95. The van der Waals surface area contributed by atoms with Gasteiger partial charge in [0.25, 0.3) is 0 Å². The van der Waals surface area contributed by atoms with Crippen LogP contribution in [0.1, 0.15) is 71.6 Å². The predicted octanol–water partition coefficient (Wildman–Crippen LogP) is 4.40. The summed E-state index contributed by atoms with van der Waals surface area (Å²) in [5, 5.41) is 4.12. The fourth-order valence-corrected chi connectivity index (χ4v) is 2.01. The molecule has 0 saturated carbocycles. The number of hydrogen-bond acceptors (Lipinski definition) is 1. The third-order valence-electron chi connectivity index (χ3n) is 3.15. The molecule has 0 aromatic rings. The zero-order chi connectivity index (χ0) is 11.6. The number of nitrogens with zero attached hydrogens (tertiary/aromatic N) is 2. The fourth-order valence-electron chi connectivity index (χ4n) is 2.01. The largest absolute Gasteiger partial charge is 0.159 e. The van der Waals surface area contributed by atoms with Crippen LogP contribution in [0.15, 0.2) is 16.9 Å². The van der Waals surface area contributed by atoms with Gasteiger partial charge in [0, 0.05) is 0 Å². The highest BCUT2D eigenvalue weighted by atomic mass is 15.3. The zero-order valence-corrected chi connectivity index (χ0v) is 10.8. The summed E-state index contributed by atoms with van der Waals surface area (Å²) in [4.78, 5) is 0. The van der Waals surface area contributed by atoms with Gasteiger partial charge < -0.3 is 0 Å². The highest BCUT2D eigenvalue weighted by Gasteiger charge is 2.07. The van der Waals surface area contributed by atoms with Crippen LogP contribution in [0.2, 0.25) is 0 Å². The van der Waals surface area contributed by atoms with Gasteiger partial charge in [0.1, 0.15) is 0 Å². The molecule has 16 heavy (non-hydrogen) atoms. The molecule has 1 aliphatic rings. The maximum Gasteiger partial charge on any atom is 0.0675 e. The molecule has 0 amide bonds. The lowest BCUT2D eigenvalue weighted by Crippen LogP contribution is -1.96. The molecule has 0 aromatic heterocycles. The topological polar surface area (TPSA) is 26.5 Å². The van der Waals surface area contributed by atoms with Crippen LogP contribution >= 0.6 is 0 Å². The van der Waals surface area contributed by atoms with Crippen molar-refractivity contribution in [2.24, 2.45) is 5.10 Å². The van der Waals surface area contributed by atoms with Gasteiger partial charge in [-0.1, -0.05) is 51.9 Å². The highest BCUT2D eigenvalue weighted by Crippen LogP contribution is 2.13. The first-order valence-corrected chi connectivity index (χ1v) is 6.78. The van der Waals surface area contributed by atoms with Gasteiger partial charge >= 0.3 is 0 Å².